The summed E-state index contributed by atoms with van der Waals surface area (Å²) in [5.41, 5.74) is 1.45. The number of carbonyl (C=O) groups is 3. The third-order valence-corrected chi connectivity index (χ3v) is 3.84. The highest BCUT2D eigenvalue weighted by atomic mass is 35.5. The third-order valence-electron chi connectivity index (χ3n) is 3.54. The second-order valence-corrected chi connectivity index (χ2v) is 5.84. The van der Waals surface area contributed by atoms with E-state index in [-0.39, 0.29) is 17.9 Å². The van der Waals surface area contributed by atoms with Crippen LogP contribution in [-0.4, -0.2) is 17.9 Å². The lowest BCUT2D eigenvalue weighted by molar-refractivity contribution is -0.255. The number of nitrogens with one attached hydrogen (secondary N) is 2. The minimum atomic E-state index is -1.26. The van der Waals surface area contributed by atoms with Gasteiger partial charge < -0.3 is 20.0 Å². The molecule has 0 radical (unpaired) electrons. The summed E-state index contributed by atoms with van der Waals surface area (Å²) < 4.78 is 5.61. The summed E-state index contributed by atoms with van der Waals surface area (Å²) in [4.78, 5) is 33.5. The molecule has 0 saturated carbocycles. The van der Waals surface area contributed by atoms with Crippen LogP contribution in [0, 0.1) is 0 Å². The maximum atomic E-state index is 11.5. The standard InChI is InChI=1S/C18H13ClN2O5/c19-13-7-10(8-14-16(22)21-18(25)20-14)4-5-15(13)26-9-11-2-1-3-12(6-11)17(23)24/h1-8H,9H2,(H,23,24)(H2,20,21,22,25)/p-1/b14-8+. The molecule has 1 heterocycles. The Morgan fingerprint density at radius 2 is 1.96 bits per heavy atom. The number of rotatable bonds is 5. The Hall–Kier alpha value is -3.32. The molecule has 1 saturated heterocycles. The normalized spacial score (nSPS) is 14.9. The highest BCUT2D eigenvalue weighted by Gasteiger charge is 2.22. The van der Waals surface area contributed by atoms with Crippen molar-refractivity contribution in [2.45, 2.75) is 6.61 Å². The molecule has 1 aliphatic rings. The van der Waals surface area contributed by atoms with Crippen LogP contribution in [0.4, 0.5) is 4.79 Å². The molecule has 3 rings (SSSR count). The second kappa shape index (κ2) is 7.28. The van der Waals surface area contributed by atoms with Gasteiger partial charge in [-0.3, -0.25) is 10.1 Å². The van der Waals surface area contributed by atoms with Crippen molar-refractivity contribution in [3.63, 3.8) is 0 Å². The molecule has 0 aromatic heterocycles. The molecule has 132 valence electrons. The fourth-order valence-corrected chi connectivity index (χ4v) is 2.57. The zero-order valence-electron chi connectivity index (χ0n) is 13.2. The van der Waals surface area contributed by atoms with Gasteiger partial charge in [-0.15, -0.1) is 0 Å². The monoisotopic (exact) mass is 371 g/mol. The first-order valence-electron chi connectivity index (χ1n) is 7.49. The van der Waals surface area contributed by atoms with Crippen molar-refractivity contribution >= 4 is 35.6 Å². The van der Waals surface area contributed by atoms with Crippen molar-refractivity contribution in [1.29, 1.82) is 0 Å². The lowest BCUT2D eigenvalue weighted by Gasteiger charge is -2.10. The number of hydrogen-bond donors (Lipinski definition) is 2. The maximum absolute atomic E-state index is 11.5. The minimum Gasteiger partial charge on any atom is -0.545 e. The van der Waals surface area contributed by atoms with Crippen LogP contribution in [0.3, 0.4) is 0 Å². The van der Waals surface area contributed by atoms with E-state index in [9.17, 15) is 19.5 Å². The molecule has 0 unspecified atom stereocenters. The van der Waals surface area contributed by atoms with Gasteiger partial charge >= 0.3 is 6.03 Å². The Morgan fingerprint density at radius 3 is 2.62 bits per heavy atom. The van der Waals surface area contributed by atoms with E-state index in [2.05, 4.69) is 10.6 Å². The molecular formula is C18H12ClN2O5-. The van der Waals surface area contributed by atoms with Gasteiger partial charge in [0.15, 0.2) is 0 Å². The summed E-state index contributed by atoms with van der Waals surface area (Å²) in [6, 6.07) is 10.5. The number of carbonyl (C=O) groups excluding carboxylic acids is 3. The Balaban J connectivity index is 1.71. The van der Waals surface area contributed by atoms with Gasteiger partial charge in [-0.2, -0.15) is 0 Å². The first-order chi connectivity index (χ1) is 12.4. The molecule has 0 aliphatic carbocycles. The molecule has 8 heteroatoms. The molecule has 1 aliphatic heterocycles. The lowest BCUT2D eigenvalue weighted by atomic mass is 10.1. The Morgan fingerprint density at radius 1 is 1.15 bits per heavy atom. The molecule has 2 N–H and O–H groups in total. The van der Waals surface area contributed by atoms with Crippen LogP contribution in [0.2, 0.25) is 5.02 Å². The van der Waals surface area contributed by atoms with E-state index in [4.69, 9.17) is 16.3 Å². The fraction of sp³-hybridized carbons (Fsp3) is 0.0556. The minimum absolute atomic E-state index is 0.0658. The number of carboxylic acid groups (broad SMARTS) is 1. The van der Waals surface area contributed by atoms with Crippen LogP contribution in [-0.2, 0) is 11.4 Å². The number of carboxylic acids is 1. The number of urea groups is 1. The van der Waals surface area contributed by atoms with Crippen LogP contribution in [0.5, 0.6) is 5.75 Å². The average Bonchev–Trinajstić information content (AvgIpc) is 2.91. The van der Waals surface area contributed by atoms with Crippen LogP contribution >= 0.6 is 11.6 Å². The molecule has 2 aromatic carbocycles. The predicted octanol–water partition coefficient (Wildman–Crippen LogP) is 1.46. The van der Waals surface area contributed by atoms with Crippen LogP contribution in [0.15, 0.2) is 48.2 Å². The van der Waals surface area contributed by atoms with Crippen molar-refractivity contribution in [3.05, 3.63) is 69.9 Å². The van der Waals surface area contributed by atoms with E-state index >= 15 is 0 Å². The number of halogens is 1. The zero-order chi connectivity index (χ0) is 18.7. The van der Waals surface area contributed by atoms with Gasteiger partial charge in [0.25, 0.3) is 5.91 Å². The quantitative estimate of drug-likeness (QED) is 0.611. The van der Waals surface area contributed by atoms with Gasteiger partial charge in [0.1, 0.15) is 18.1 Å². The van der Waals surface area contributed by atoms with Crippen molar-refractivity contribution in [1.82, 2.24) is 10.6 Å². The third kappa shape index (κ3) is 4.01. The summed E-state index contributed by atoms with van der Waals surface area (Å²) in [5, 5.41) is 15.7. The van der Waals surface area contributed by atoms with E-state index in [0.717, 1.165) is 0 Å². The van der Waals surface area contributed by atoms with E-state index < -0.39 is 17.9 Å². The highest BCUT2D eigenvalue weighted by molar-refractivity contribution is 6.32. The molecule has 7 nitrogen and oxygen atoms in total. The first kappa shape index (κ1) is 17.5. The number of ether oxygens (including phenoxy) is 1. The Labute approximate surface area is 153 Å². The van der Waals surface area contributed by atoms with Gasteiger partial charge in [-0.05, 0) is 41.0 Å². The summed E-state index contributed by atoms with van der Waals surface area (Å²) in [5.74, 6) is -1.38. The lowest BCUT2D eigenvalue weighted by Crippen LogP contribution is -2.22. The van der Waals surface area contributed by atoms with Crippen molar-refractivity contribution in [3.8, 4) is 5.75 Å². The topological polar surface area (TPSA) is 108 Å². The molecule has 1 fully saturated rings. The van der Waals surface area contributed by atoms with Crippen LogP contribution in [0.25, 0.3) is 6.08 Å². The predicted molar refractivity (Wildman–Crippen MR) is 91.2 cm³/mol. The molecule has 26 heavy (non-hydrogen) atoms. The number of aromatic carboxylic acids is 1. The maximum Gasteiger partial charge on any atom is 0.326 e. The van der Waals surface area contributed by atoms with Crippen molar-refractivity contribution < 1.29 is 24.2 Å². The smallest absolute Gasteiger partial charge is 0.326 e. The van der Waals surface area contributed by atoms with E-state index in [1.165, 1.54) is 18.2 Å². The molecular weight excluding hydrogens is 360 g/mol. The van der Waals surface area contributed by atoms with Gasteiger partial charge in [0.2, 0.25) is 0 Å². The van der Waals surface area contributed by atoms with E-state index in [1.807, 2.05) is 0 Å². The van der Waals surface area contributed by atoms with Crippen LogP contribution in [0.1, 0.15) is 21.5 Å². The average molecular weight is 372 g/mol. The summed E-state index contributed by atoms with van der Waals surface area (Å²) in [6.07, 6.45) is 1.49. The zero-order valence-corrected chi connectivity index (χ0v) is 14.0. The summed E-state index contributed by atoms with van der Waals surface area (Å²) in [7, 11) is 0. The van der Waals surface area contributed by atoms with E-state index in [0.29, 0.717) is 21.9 Å². The van der Waals surface area contributed by atoms with Crippen LogP contribution < -0.4 is 20.5 Å². The molecule has 0 spiro atoms. The Bertz CT molecular complexity index is 939. The largest absolute Gasteiger partial charge is 0.545 e. The van der Waals surface area contributed by atoms with Gasteiger partial charge in [-0.1, -0.05) is 35.9 Å². The number of benzene rings is 2. The van der Waals surface area contributed by atoms with E-state index in [1.54, 1.807) is 30.3 Å². The summed E-state index contributed by atoms with van der Waals surface area (Å²) in [6.45, 7) is 0.125. The van der Waals surface area contributed by atoms with Gasteiger partial charge in [0, 0.05) is 0 Å². The number of hydrogen-bond acceptors (Lipinski definition) is 5. The highest BCUT2D eigenvalue weighted by Crippen LogP contribution is 2.27. The number of amides is 3. The molecule has 0 bridgehead atoms. The molecule has 3 amide bonds. The molecule has 0 atom stereocenters. The fourth-order valence-electron chi connectivity index (χ4n) is 2.32. The molecule has 2 aromatic rings. The van der Waals surface area contributed by atoms with Crippen molar-refractivity contribution in [2.75, 3.05) is 0 Å². The second-order valence-electron chi connectivity index (χ2n) is 5.43. The summed E-state index contributed by atoms with van der Waals surface area (Å²) >= 11 is 6.18. The first-order valence-corrected chi connectivity index (χ1v) is 7.87. The Kier molecular flexibility index (Phi) is 4.90. The number of imide groups is 1. The van der Waals surface area contributed by atoms with Gasteiger partial charge in [-0.25, -0.2) is 4.79 Å². The van der Waals surface area contributed by atoms with Gasteiger partial charge in [0.05, 0.1) is 11.0 Å². The van der Waals surface area contributed by atoms with Crippen molar-refractivity contribution in [2.24, 2.45) is 0 Å². The SMILES string of the molecule is O=C1NC(=O)/C(=C\c2ccc(OCc3cccc(C(=O)[O-])c3)c(Cl)c2)N1.